The number of carbonyl (C=O) groups is 1. The minimum Gasteiger partial charge on any atom is -0.326 e. The number of thioether (sulfide) groups is 1. The van der Waals surface area contributed by atoms with Gasteiger partial charge in [0.2, 0.25) is 5.91 Å². The topological polar surface area (TPSA) is 59.8 Å². The number of halogens is 1. The summed E-state index contributed by atoms with van der Waals surface area (Å²) < 4.78 is 1.98. The number of pyridine rings is 1. The Morgan fingerprint density at radius 2 is 2.32 bits per heavy atom. The third-order valence-electron chi connectivity index (χ3n) is 2.35. The summed E-state index contributed by atoms with van der Waals surface area (Å²) >= 11 is 7.11. The first-order valence-corrected chi connectivity index (χ1v) is 7.10. The second kappa shape index (κ2) is 6.58. The smallest absolute Gasteiger partial charge is 0.236 e. The quantitative estimate of drug-likeness (QED) is 0.862. The molecule has 0 unspecified atom stereocenters. The standard InChI is InChI=1S/C12H13ClN4OS/c1-2-17-6-5-14-12(17)19-8-11(18)16-10-4-3-9(13)7-15-10/h3-7H,2,8H2,1H3,(H,15,16,18). The lowest BCUT2D eigenvalue weighted by atomic mass is 10.4. The van der Waals surface area contributed by atoms with Gasteiger partial charge in [-0.3, -0.25) is 4.79 Å². The molecule has 0 bridgehead atoms. The van der Waals surface area contributed by atoms with E-state index < -0.39 is 0 Å². The summed E-state index contributed by atoms with van der Waals surface area (Å²) in [5.41, 5.74) is 0. The van der Waals surface area contributed by atoms with Crippen LogP contribution in [0.1, 0.15) is 6.92 Å². The first-order valence-electron chi connectivity index (χ1n) is 5.74. The van der Waals surface area contributed by atoms with Crippen LogP contribution in [0.15, 0.2) is 35.9 Å². The Balaban J connectivity index is 1.86. The molecule has 5 nitrogen and oxygen atoms in total. The molecule has 0 atom stereocenters. The highest BCUT2D eigenvalue weighted by Crippen LogP contribution is 2.16. The molecule has 0 fully saturated rings. The van der Waals surface area contributed by atoms with Gasteiger partial charge in [0.25, 0.3) is 0 Å². The van der Waals surface area contributed by atoms with Crippen LogP contribution in [0, 0.1) is 0 Å². The van der Waals surface area contributed by atoms with E-state index in [1.807, 2.05) is 17.7 Å². The molecule has 0 aliphatic carbocycles. The van der Waals surface area contributed by atoms with Crippen molar-refractivity contribution in [2.45, 2.75) is 18.6 Å². The number of aryl methyl sites for hydroxylation is 1. The van der Waals surface area contributed by atoms with Gasteiger partial charge in [0.1, 0.15) is 5.82 Å². The Hall–Kier alpha value is -1.53. The molecule has 0 saturated carbocycles. The SMILES string of the molecule is CCn1ccnc1SCC(=O)Nc1ccc(Cl)cn1. The normalized spacial score (nSPS) is 10.4. The van der Waals surface area contributed by atoms with E-state index in [-0.39, 0.29) is 5.91 Å². The second-order valence-corrected chi connectivity index (χ2v) is 5.07. The van der Waals surface area contributed by atoms with Crippen LogP contribution in [0.3, 0.4) is 0 Å². The zero-order valence-corrected chi connectivity index (χ0v) is 11.9. The van der Waals surface area contributed by atoms with Gasteiger partial charge in [0.15, 0.2) is 5.16 Å². The number of nitrogens with zero attached hydrogens (tertiary/aromatic N) is 3. The van der Waals surface area contributed by atoms with Crippen molar-refractivity contribution in [3.63, 3.8) is 0 Å². The van der Waals surface area contributed by atoms with Crippen molar-refractivity contribution in [1.82, 2.24) is 14.5 Å². The molecule has 2 aromatic rings. The van der Waals surface area contributed by atoms with Crippen LogP contribution in [0.4, 0.5) is 5.82 Å². The van der Waals surface area contributed by atoms with E-state index in [0.29, 0.717) is 16.6 Å². The van der Waals surface area contributed by atoms with Crippen molar-refractivity contribution in [1.29, 1.82) is 0 Å². The zero-order valence-electron chi connectivity index (χ0n) is 10.3. The van der Waals surface area contributed by atoms with Crippen molar-refractivity contribution < 1.29 is 4.79 Å². The average molecular weight is 297 g/mol. The molecule has 0 radical (unpaired) electrons. The van der Waals surface area contributed by atoms with E-state index in [0.717, 1.165) is 11.7 Å². The van der Waals surface area contributed by atoms with E-state index in [1.54, 1.807) is 18.3 Å². The van der Waals surface area contributed by atoms with Crippen LogP contribution in [0.2, 0.25) is 5.02 Å². The molecular weight excluding hydrogens is 284 g/mol. The van der Waals surface area contributed by atoms with Crippen LogP contribution in [-0.4, -0.2) is 26.2 Å². The highest BCUT2D eigenvalue weighted by atomic mass is 35.5. The predicted octanol–water partition coefficient (Wildman–Crippen LogP) is 2.68. The molecule has 0 aliphatic heterocycles. The number of aromatic nitrogens is 3. The number of anilines is 1. The summed E-state index contributed by atoms with van der Waals surface area (Å²) in [6.07, 6.45) is 5.11. The Bertz CT molecular complexity index is 555. The van der Waals surface area contributed by atoms with E-state index in [9.17, 15) is 4.79 Å². The molecule has 0 spiro atoms. The summed E-state index contributed by atoms with van der Waals surface area (Å²) in [5, 5.41) is 4.08. The minimum absolute atomic E-state index is 0.120. The van der Waals surface area contributed by atoms with E-state index >= 15 is 0 Å². The van der Waals surface area contributed by atoms with Gasteiger partial charge in [0.05, 0.1) is 10.8 Å². The zero-order chi connectivity index (χ0) is 13.7. The lowest BCUT2D eigenvalue weighted by Crippen LogP contribution is -2.15. The highest BCUT2D eigenvalue weighted by molar-refractivity contribution is 7.99. The Morgan fingerprint density at radius 3 is 3.00 bits per heavy atom. The Kier molecular flexibility index (Phi) is 4.81. The van der Waals surface area contributed by atoms with Crippen molar-refractivity contribution in [3.8, 4) is 0 Å². The molecule has 0 aliphatic rings. The second-order valence-electron chi connectivity index (χ2n) is 3.69. The Labute approximate surface area is 120 Å². The number of hydrogen-bond acceptors (Lipinski definition) is 4. The van der Waals surface area contributed by atoms with Crippen LogP contribution in [0.25, 0.3) is 0 Å². The van der Waals surface area contributed by atoms with Gasteiger partial charge in [-0.15, -0.1) is 0 Å². The molecule has 0 saturated heterocycles. The molecular formula is C12H13ClN4OS. The maximum Gasteiger partial charge on any atom is 0.236 e. The van der Waals surface area contributed by atoms with E-state index in [1.165, 1.54) is 18.0 Å². The molecule has 1 amide bonds. The summed E-state index contributed by atoms with van der Waals surface area (Å²) in [5.74, 6) is 0.667. The first-order chi connectivity index (χ1) is 9.19. The maximum absolute atomic E-state index is 11.8. The monoisotopic (exact) mass is 296 g/mol. The maximum atomic E-state index is 11.8. The summed E-state index contributed by atoms with van der Waals surface area (Å²) in [4.78, 5) is 19.9. The van der Waals surface area contributed by atoms with Crippen LogP contribution >= 0.6 is 23.4 Å². The minimum atomic E-state index is -0.120. The van der Waals surface area contributed by atoms with Gasteiger partial charge >= 0.3 is 0 Å². The fourth-order valence-electron chi connectivity index (χ4n) is 1.44. The number of nitrogens with one attached hydrogen (secondary N) is 1. The number of hydrogen-bond donors (Lipinski definition) is 1. The number of amides is 1. The molecule has 2 heterocycles. The van der Waals surface area contributed by atoms with Crippen molar-refractivity contribution in [2.24, 2.45) is 0 Å². The third-order valence-corrected chi connectivity index (χ3v) is 3.57. The molecule has 2 rings (SSSR count). The van der Waals surface area contributed by atoms with Crippen LogP contribution in [0.5, 0.6) is 0 Å². The fraction of sp³-hybridized carbons (Fsp3) is 0.250. The van der Waals surface area contributed by atoms with Crippen LogP contribution < -0.4 is 5.32 Å². The number of carbonyl (C=O) groups excluding carboxylic acids is 1. The van der Waals surface area contributed by atoms with Gasteiger partial charge < -0.3 is 9.88 Å². The first kappa shape index (κ1) is 13.9. The predicted molar refractivity (Wildman–Crippen MR) is 76.5 cm³/mol. The van der Waals surface area contributed by atoms with Gasteiger partial charge in [-0.25, -0.2) is 9.97 Å². The summed E-state index contributed by atoms with van der Waals surface area (Å²) in [6.45, 7) is 2.87. The number of imidazole rings is 1. The van der Waals surface area contributed by atoms with Gasteiger partial charge in [-0.1, -0.05) is 23.4 Å². The largest absolute Gasteiger partial charge is 0.326 e. The molecule has 1 N–H and O–H groups in total. The van der Waals surface area contributed by atoms with Crippen LogP contribution in [-0.2, 0) is 11.3 Å². The summed E-state index contributed by atoms with van der Waals surface area (Å²) in [6, 6.07) is 3.35. The molecule has 100 valence electrons. The van der Waals surface area contributed by atoms with Crippen molar-refractivity contribution in [3.05, 3.63) is 35.7 Å². The number of rotatable bonds is 5. The fourth-order valence-corrected chi connectivity index (χ4v) is 2.37. The lowest BCUT2D eigenvalue weighted by molar-refractivity contribution is -0.113. The average Bonchev–Trinajstić information content (AvgIpc) is 2.86. The van der Waals surface area contributed by atoms with Crippen molar-refractivity contribution in [2.75, 3.05) is 11.1 Å². The Morgan fingerprint density at radius 1 is 1.47 bits per heavy atom. The third kappa shape index (κ3) is 3.97. The molecule has 7 heteroatoms. The molecule has 2 aromatic heterocycles. The lowest BCUT2D eigenvalue weighted by Gasteiger charge is -2.05. The van der Waals surface area contributed by atoms with Gasteiger partial charge in [-0.2, -0.15) is 0 Å². The highest BCUT2D eigenvalue weighted by Gasteiger charge is 2.07. The summed E-state index contributed by atoms with van der Waals surface area (Å²) in [7, 11) is 0. The van der Waals surface area contributed by atoms with Gasteiger partial charge in [0, 0.05) is 25.1 Å². The molecule has 19 heavy (non-hydrogen) atoms. The van der Waals surface area contributed by atoms with E-state index in [2.05, 4.69) is 15.3 Å². The van der Waals surface area contributed by atoms with Crippen molar-refractivity contribution >= 4 is 35.1 Å². The molecule has 0 aromatic carbocycles. The van der Waals surface area contributed by atoms with E-state index in [4.69, 9.17) is 11.6 Å². The van der Waals surface area contributed by atoms with Gasteiger partial charge in [-0.05, 0) is 19.1 Å².